The molecule has 1 aromatic carbocycles. The van der Waals surface area contributed by atoms with E-state index in [1.807, 2.05) is 57.2 Å². The van der Waals surface area contributed by atoms with Crippen molar-refractivity contribution in [2.24, 2.45) is 5.41 Å². The van der Waals surface area contributed by atoms with E-state index >= 15 is 0 Å². The summed E-state index contributed by atoms with van der Waals surface area (Å²) in [5.41, 5.74) is 1.47. The van der Waals surface area contributed by atoms with Gasteiger partial charge in [-0.05, 0) is 29.3 Å². The molecule has 2 aromatic rings. The van der Waals surface area contributed by atoms with E-state index < -0.39 is 5.41 Å². The number of pyridine rings is 1. The smallest absolute Gasteiger partial charge is 0.226 e. The second kappa shape index (κ2) is 6.27. The minimum absolute atomic E-state index is 0.00805. The minimum Gasteiger partial charge on any atom is -0.345 e. The average molecular weight is 303 g/mol. The molecule has 0 saturated carbocycles. The van der Waals surface area contributed by atoms with E-state index in [1.54, 1.807) is 12.4 Å². The van der Waals surface area contributed by atoms with Crippen molar-refractivity contribution in [3.63, 3.8) is 0 Å². The Morgan fingerprint density at radius 1 is 1.14 bits per heavy atom. The summed E-state index contributed by atoms with van der Waals surface area (Å²) in [7, 11) is 0. The Morgan fingerprint density at radius 2 is 1.81 bits per heavy atom. The van der Waals surface area contributed by atoms with Crippen LogP contribution in [-0.4, -0.2) is 10.9 Å². The first-order valence-corrected chi connectivity index (χ1v) is 7.22. The Bertz CT molecular complexity index is 603. The molecular weight excluding hydrogens is 284 g/mol. The maximum Gasteiger partial charge on any atom is 0.226 e. The molecule has 0 unspecified atom stereocenters. The molecule has 1 N–H and O–H groups in total. The number of rotatable bonds is 3. The van der Waals surface area contributed by atoms with Crippen molar-refractivity contribution >= 4 is 17.5 Å². The fourth-order valence-corrected chi connectivity index (χ4v) is 2.03. The Labute approximate surface area is 130 Å². The number of nitrogens with zero attached hydrogens (tertiary/aromatic N) is 1. The number of carbonyl (C=O) groups is 1. The van der Waals surface area contributed by atoms with Crippen molar-refractivity contribution in [2.75, 3.05) is 0 Å². The third-order valence-electron chi connectivity index (χ3n) is 3.18. The summed E-state index contributed by atoms with van der Waals surface area (Å²) in [4.78, 5) is 16.5. The molecule has 0 radical (unpaired) electrons. The predicted molar refractivity (Wildman–Crippen MR) is 85.1 cm³/mol. The highest BCUT2D eigenvalue weighted by Crippen LogP contribution is 2.25. The van der Waals surface area contributed by atoms with Gasteiger partial charge in [0, 0.05) is 22.8 Å². The number of carbonyl (C=O) groups excluding carboxylic acids is 1. The van der Waals surface area contributed by atoms with E-state index in [0.717, 1.165) is 11.1 Å². The van der Waals surface area contributed by atoms with Crippen LogP contribution in [0.3, 0.4) is 0 Å². The second-order valence-corrected chi connectivity index (χ2v) is 6.43. The van der Waals surface area contributed by atoms with Crippen molar-refractivity contribution in [3.05, 3.63) is 64.9 Å². The van der Waals surface area contributed by atoms with Crippen LogP contribution in [0.15, 0.2) is 48.8 Å². The molecule has 0 saturated heterocycles. The van der Waals surface area contributed by atoms with Crippen LogP contribution in [-0.2, 0) is 4.79 Å². The summed E-state index contributed by atoms with van der Waals surface area (Å²) in [6.45, 7) is 5.68. The van der Waals surface area contributed by atoms with Crippen LogP contribution in [0.25, 0.3) is 0 Å². The molecule has 1 atom stereocenters. The van der Waals surface area contributed by atoms with Gasteiger partial charge in [0.05, 0.1) is 6.04 Å². The van der Waals surface area contributed by atoms with Gasteiger partial charge in [-0.3, -0.25) is 9.78 Å². The highest BCUT2D eigenvalue weighted by molar-refractivity contribution is 6.30. The van der Waals surface area contributed by atoms with Gasteiger partial charge < -0.3 is 5.32 Å². The monoisotopic (exact) mass is 302 g/mol. The van der Waals surface area contributed by atoms with Gasteiger partial charge in [0.1, 0.15) is 0 Å². The summed E-state index contributed by atoms with van der Waals surface area (Å²) in [6, 6.07) is 11.1. The molecule has 0 aliphatic carbocycles. The Morgan fingerprint density at radius 3 is 2.33 bits per heavy atom. The molecule has 0 aliphatic heterocycles. The fraction of sp³-hybridized carbons (Fsp3) is 0.294. The summed E-state index contributed by atoms with van der Waals surface area (Å²) in [5.74, 6) is -0.00805. The molecule has 1 heterocycles. The number of hydrogen-bond donors (Lipinski definition) is 1. The lowest BCUT2D eigenvalue weighted by Gasteiger charge is -2.25. The van der Waals surface area contributed by atoms with Crippen molar-refractivity contribution in [3.8, 4) is 0 Å². The largest absolute Gasteiger partial charge is 0.345 e. The van der Waals surface area contributed by atoms with Gasteiger partial charge in [0.15, 0.2) is 0 Å². The van der Waals surface area contributed by atoms with E-state index in [9.17, 15) is 4.79 Å². The molecule has 2 rings (SSSR count). The molecule has 0 fully saturated rings. The van der Waals surface area contributed by atoms with Crippen LogP contribution in [0.4, 0.5) is 0 Å². The summed E-state index contributed by atoms with van der Waals surface area (Å²) < 4.78 is 0. The van der Waals surface area contributed by atoms with E-state index in [-0.39, 0.29) is 11.9 Å². The maximum absolute atomic E-state index is 12.3. The summed E-state index contributed by atoms with van der Waals surface area (Å²) in [6.07, 6.45) is 3.48. The van der Waals surface area contributed by atoms with Crippen molar-refractivity contribution in [2.45, 2.75) is 26.8 Å². The lowest BCUT2D eigenvalue weighted by Crippen LogP contribution is -2.37. The highest BCUT2D eigenvalue weighted by Gasteiger charge is 2.25. The van der Waals surface area contributed by atoms with E-state index in [0.29, 0.717) is 5.02 Å². The van der Waals surface area contributed by atoms with Gasteiger partial charge in [0.25, 0.3) is 0 Å². The molecule has 0 bridgehead atoms. The molecule has 4 heteroatoms. The average Bonchev–Trinajstić information content (AvgIpc) is 2.45. The van der Waals surface area contributed by atoms with Gasteiger partial charge in [-0.15, -0.1) is 0 Å². The van der Waals surface area contributed by atoms with Crippen molar-refractivity contribution in [1.82, 2.24) is 10.3 Å². The van der Waals surface area contributed by atoms with E-state index in [1.165, 1.54) is 0 Å². The zero-order valence-corrected chi connectivity index (χ0v) is 13.2. The van der Waals surface area contributed by atoms with Crippen molar-refractivity contribution in [1.29, 1.82) is 0 Å². The van der Waals surface area contributed by atoms with Gasteiger partial charge in [-0.25, -0.2) is 0 Å². The molecule has 1 amide bonds. The fourth-order valence-electron chi connectivity index (χ4n) is 1.91. The normalized spacial score (nSPS) is 12.8. The first-order chi connectivity index (χ1) is 9.88. The zero-order valence-electron chi connectivity index (χ0n) is 12.4. The van der Waals surface area contributed by atoms with Crippen LogP contribution in [0, 0.1) is 5.41 Å². The molecule has 3 nitrogen and oxygen atoms in total. The molecule has 21 heavy (non-hydrogen) atoms. The SMILES string of the molecule is CC(C)(C)C(=O)N[C@H](c1ccc(Cl)cc1)c1cccnc1. The summed E-state index contributed by atoms with van der Waals surface area (Å²) in [5, 5.41) is 3.76. The van der Waals surface area contributed by atoms with Crippen LogP contribution in [0.1, 0.15) is 37.9 Å². The maximum atomic E-state index is 12.3. The molecule has 0 spiro atoms. The van der Waals surface area contributed by atoms with Crippen LogP contribution in [0.2, 0.25) is 5.02 Å². The molecule has 0 aliphatic rings. The third-order valence-corrected chi connectivity index (χ3v) is 3.43. The summed E-state index contributed by atoms with van der Waals surface area (Å²) >= 11 is 5.94. The lowest BCUT2D eigenvalue weighted by atomic mass is 9.93. The second-order valence-electron chi connectivity index (χ2n) is 5.99. The van der Waals surface area contributed by atoms with Gasteiger partial charge in [0.2, 0.25) is 5.91 Å². The Balaban J connectivity index is 2.36. The first kappa shape index (κ1) is 15.5. The standard InChI is InChI=1S/C17H19ClN2O/c1-17(2,3)16(21)20-15(13-5-4-10-19-11-13)12-6-8-14(18)9-7-12/h4-11,15H,1-3H3,(H,20,21)/t15-/m1/s1. The number of aromatic nitrogens is 1. The van der Waals surface area contributed by atoms with Gasteiger partial charge in [-0.2, -0.15) is 0 Å². The lowest BCUT2D eigenvalue weighted by molar-refractivity contribution is -0.129. The van der Waals surface area contributed by atoms with Crippen LogP contribution < -0.4 is 5.32 Å². The minimum atomic E-state index is -0.452. The molecule has 1 aromatic heterocycles. The van der Waals surface area contributed by atoms with Crippen LogP contribution >= 0.6 is 11.6 Å². The molecule has 110 valence electrons. The predicted octanol–water partition coefficient (Wildman–Crippen LogP) is 3.99. The first-order valence-electron chi connectivity index (χ1n) is 6.84. The zero-order chi connectivity index (χ0) is 15.5. The number of nitrogens with one attached hydrogen (secondary N) is 1. The van der Waals surface area contributed by atoms with Crippen LogP contribution in [0.5, 0.6) is 0 Å². The third kappa shape index (κ3) is 4.05. The Kier molecular flexibility index (Phi) is 4.63. The van der Waals surface area contributed by atoms with Gasteiger partial charge in [-0.1, -0.05) is 50.6 Å². The van der Waals surface area contributed by atoms with Crippen molar-refractivity contribution < 1.29 is 4.79 Å². The topological polar surface area (TPSA) is 42.0 Å². The number of hydrogen-bond acceptors (Lipinski definition) is 2. The van der Waals surface area contributed by atoms with E-state index in [2.05, 4.69) is 10.3 Å². The number of amides is 1. The quantitative estimate of drug-likeness (QED) is 0.931. The molecular formula is C17H19ClN2O. The number of halogens is 1. The number of benzene rings is 1. The Hall–Kier alpha value is -1.87. The van der Waals surface area contributed by atoms with E-state index in [4.69, 9.17) is 11.6 Å². The highest BCUT2D eigenvalue weighted by atomic mass is 35.5. The van der Waals surface area contributed by atoms with Gasteiger partial charge >= 0.3 is 0 Å².